The molecule has 7 nitrogen and oxygen atoms in total. The summed E-state index contributed by atoms with van der Waals surface area (Å²) in [7, 11) is 0. The van der Waals surface area contributed by atoms with Crippen LogP contribution in [-0.2, 0) is 9.53 Å². The number of halogens is 1. The van der Waals surface area contributed by atoms with Gasteiger partial charge in [0, 0.05) is 25.0 Å². The first-order valence-electron chi connectivity index (χ1n) is 6.51. The Balaban J connectivity index is 2.01. The van der Waals surface area contributed by atoms with E-state index in [4.69, 9.17) is 4.74 Å². The van der Waals surface area contributed by atoms with E-state index in [1.54, 1.807) is 0 Å². The number of rotatable bonds is 5. The number of hydrogen-bond acceptors (Lipinski definition) is 6. The van der Waals surface area contributed by atoms with Crippen LogP contribution in [-0.4, -0.2) is 34.2 Å². The van der Waals surface area contributed by atoms with Crippen LogP contribution in [0.15, 0.2) is 36.8 Å². The normalized spacial score (nSPS) is 10.0. The maximum Gasteiger partial charge on any atom is 0.358 e. The quantitative estimate of drug-likeness (QED) is 0.664. The number of Topliss-reactive ketones (excluding diaryl/α,β-unsaturated/α-hetero) is 1. The second-order valence-corrected chi connectivity index (χ2v) is 4.47. The van der Waals surface area contributed by atoms with Crippen LogP contribution in [0.5, 0.6) is 0 Å². The molecule has 1 aromatic heterocycles. The minimum absolute atomic E-state index is 0.0539. The number of aromatic nitrogens is 2. The van der Waals surface area contributed by atoms with Crippen molar-refractivity contribution in [1.29, 1.82) is 0 Å². The highest BCUT2D eigenvalue weighted by Gasteiger charge is 2.16. The topological polar surface area (TPSA) is 98.2 Å². The second-order valence-electron chi connectivity index (χ2n) is 4.47. The molecule has 1 N–H and O–H groups in total. The molecule has 0 radical (unpaired) electrons. The molecule has 0 bridgehead atoms. The summed E-state index contributed by atoms with van der Waals surface area (Å²) in [6, 6.07) is 3.60. The lowest BCUT2D eigenvalue weighted by Crippen LogP contribution is -2.16. The third kappa shape index (κ3) is 4.40. The summed E-state index contributed by atoms with van der Waals surface area (Å²) in [5, 5.41) is 2.39. The summed E-state index contributed by atoms with van der Waals surface area (Å²) in [6.45, 7) is 0.648. The van der Waals surface area contributed by atoms with Crippen molar-refractivity contribution in [3.63, 3.8) is 0 Å². The molecule has 0 saturated carbocycles. The Morgan fingerprint density at radius 1 is 1.26 bits per heavy atom. The van der Waals surface area contributed by atoms with Crippen molar-refractivity contribution < 1.29 is 23.5 Å². The van der Waals surface area contributed by atoms with Crippen molar-refractivity contribution in [3.8, 4) is 0 Å². The Morgan fingerprint density at radius 2 is 2.04 bits per heavy atom. The summed E-state index contributed by atoms with van der Waals surface area (Å²) in [6.07, 6.45) is 3.88. The van der Waals surface area contributed by atoms with Crippen molar-refractivity contribution >= 4 is 23.3 Å². The molecule has 2 aromatic rings. The molecular weight excluding hydrogens is 305 g/mol. The molecule has 0 saturated heterocycles. The number of amides is 1. The lowest BCUT2D eigenvalue weighted by Gasteiger charge is -2.07. The highest BCUT2D eigenvalue weighted by atomic mass is 19.1. The van der Waals surface area contributed by atoms with Gasteiger partial charge in [0.15, 0.2) is 12.3 Å². The van der Waals surface area contributed by atoms with E-state index in [1.165, 1.54) is 37.6 Å². The van der Waals surface area contributed by atoms with Crippen molar-refractivity contribution in [1.82, 2.24) is 9.97 Å². The number of benzene rings is 1. The summed E-state index contributed by atoms with van der Waals surface area (Å²) in [5.41, 5.74) is -0.0732. The third-order valence-corrected chi connectivity index (χ3v) is 2.70. The van der Waals surface area contributed by atoms with Crippen LogP contribution in [0.25, 0.3) is 0 Å². The molecule has 0 aliphatic heterocycles. The number of anilines is 1. The van der Waals surface area contributed by atoms with Crippen molar-refractivity contribution in [2.75, 3.05) is 11.9 Å². The van der Waals surface area contributed by atoms with Crippen molar-refractivity contribution in [2.24, 2.45) is 0 Å². The van der Waals surface area contributed by atoms with Gasteiger partial charge in [0.2, 0.25) is 11.7 Å². The van der Waals surface area contributed by atoms with Gasteiger partial charge >= 0.3 is 5.97 Å². The Hall–Kier alpha value is -3.16. The van der Waals surface area contributed by atoms with Crippen molar-refractivity contribution in [2.45, 2.75) is 6.92 Å². The first-order chi connectivity index (χ1) is 11.0. The number of carbonyl (C=O) groups is 3. The molecule has 8 heteroatoms. The lowest BCUT2D eigenvalue weighted by molar-refractivity contribution is -0.114. The van der Waals surface area contributed by atoms with Gasteiger partial charge in [-0.25, -0.2) is 14.2 Å². The van der Waals surface area contributed by atoms with Crippen LogP contribution in [0, 0.1) is 5.82 Å². The molecular formula is C15H12FN3O4. The number of nitrogens with one attached hydrogen (secondary N) is 1. The fraction of sp³-hybridized carbons (Fsp3) is 0.133. The summed E-state index contributed by atoms with van der Waals surface area (Å²) >= 11 is 0. The van der Waals surface area contributed by atoms with Crippen LogP contribution in [0.4, 0.5) is 10.1 Å². The molecule has 0 spiro atoms. The van der Waals surface area contributed by atoms with Gasteiger partial charge in [-0.2, -0.15) is 0 Å². The lowest BCUT2D eigenvalue weighted by atomic mass is 10.1. The summed E-state index contributed by atoms with van der Waals surface area (Å²) in [4.78, 5) is 41.8. The Labute approximate surface area is 130 Å². The van der Waals surface area contributed by atoms with Gasteiger partial charge in [-0.05, 0) is 18.2 Å². The zero-order valence-corrected chi connectivity index (χ0v) is 12.1. The number of carbonyl (C=O) groups excluding carboxylic acids is 3. The Morgan fingerprint density at radius 3 is 2.65 bits per heavy atom. The highest BCUT2D eigenvalue weighted by Crippen LogP contribution is 2.15. The van der Waals surface area contributed by atoms with Crippen LogP contribution in [0.3, 0.4) is 0 Å². The van der Waals surface area contributed by atoms with E-state index in [2.05, 4.69) is 15.3 Å². The fourth-order valence-corrected chi connectivity index (χ4v) is 1.71. The fourth-order valence-electron chi connectivity index (χ4n) is 1.71. The van der Waals surface area contributed by atoms with Gasteiger partial charge in [0.05, 0.1) is 11.8 Å². The molecule has 118 valence electrons. The number of nitrogens with zero attached hydrogens (tertiary/aromatic N) is 2. The molecule has 0 aliphatic carbocycles. The van der Waals surface area contributed by atoms with E-state index < -0.39 is 24.2 Å². The zero-order valence-electron chi connectivity index (χ0n) is 12.1. The SMILES string of the molecule is CC(=O)Nc1ccc(C(=O)COC(=O)c2cnccn2)c(F)c1. The largest absolute Gasteiger partial charge is 0.453 e. The van der Waals surface area contributed by atoms with E-state index in [0.29, 0.717) is 0 Å². The first kappa shape index (κ1) is 16.2. The van der Waals surface area contributed by atoms with E-state index >= 15 is 0 Å². The van der Waals surface area contributed by atoms with Gasteiger partial charge in [-0.1, -0.05) is 0 Å². The van der Waals surface area contributed by atoms with Gasteiger partial charge < -0.3 is 10.1 Å². The monoisotopic (exact) mass is 317 g/mol. The van der Waals surface area contributed by atoms with E-state index in [1.807, 2.05) is 0 Å². The predicted octanol–water partition coefficient (Wildman–Crippen LogP) is 1.61. The smallest absolute Gasteiger partial charge is 0.358 e. The molecule has 1 heterocycles. The minimum Gasteiger partial charge on any atom is -0.453 e. The Kier molecular flexibility index (Phi) is 5.08. The minimum atomic E-state index is -0.832. The maximum absolute atomic E-state index is 13.9. The average molecular weight is 317 g/mol. The molecule has 1 aromatic carbocycles. The van der Waals surface area contributed by atoms with E-state index in [9.17, 15) is 18.8 Å². The van der Waals surface area contributed by atoms with Gasteiger partial charge in [-0.15, -0.1) is 0 Å². The number of hydrogen-bond donors (Lipinski definition) is 1. The first-order valence-corrected chi connectivity index (χ1v) is 6.51. The van der Waals surface area contributed by atoms with Gasteiger partial charge in [0.1, 0.15) is 5.82 Å². The molecule has 0 unspecified atom stereocenters. The molecule has 1 amide bonds. The third-order valence-electron chi connectivity index (χ3n) is 2.70. The number of ketones is 1. The van der Waals surface area contributed by atoms with Gasteiger partial charge in [-0.3, -0.25) is 14.6 Å². The highest BCUT2D eigenvalue weighted by molar-refractivity contribution is 5.99. The maximum atomic E-state index is 13.9. The number of ether oxygens (including phenoxy) is 1. The van der Waals surface area contributed by atoms with Crippen LogP contribution in [0.2, 0.25) is 0 Å². The van der Waals surface area contributed by atoms with E-state index in [-0.39, 0.29) is 22.9 Å². The molecule has 0 aliphatic rings. The standard InChI is InChI=1S/C15H12FN3O4/c1-9(20)19-10-2-3-11(12(16)6-10)14(21)8-23-15(22)13-7-17-4-5-18-13/h2-7H,8H2,1H3,(H,19,20). The average Bonchev–Trinajstić information content (AvgIpc) is 2.52. The van der Waals surface area contributed by atoms with Crippen LogP contribution in [0.1, 0.15) is 27.8 Å². The summed E-state index contributed by atoms with van der Waals surface area (Å²) < 4.78 is 18.6. The molecule has 0 fully saturated rings. The van der Waals surface area contributed by atoms with Crippen molar-refractivity contribution in [3.05, 3.63) is 53.9 Å². The second kappa shape index (κ2) is 7.21. The number of esters is 1. The van der Waals surface area contributed by atoms with Crippen LogP contribution >= 0.6 is 0 Å². The van der Waals surface area contributed by atoms with E-state index in [0.717, 1.165) is 6.07 Å². The molecule has 23 heavy (non-hydrogen) atoms. The Bertz CT molecular complexity index is 750. The predicted molar refractivity (Wildman–Crippen MR) is 77.3 cm³/mol. The molecule has 0 atom stereocenters. The zero-order chi connectivity index (χ0) is 16.8. The summed E-state index contributed by atoms with van der Waals surface area (Å²) in [5.74, 6) is -2.73. The van der Waals surface area contributed by atoms with Crippen LogP contribution < -0.4 is 5.32 Å². The molecule has 2 rings (SSSR count). The van der Waals surface area contributed by atoms with Gasteiger partial charge in [0.25, 0.3) is 0 Å².